The molecule has 0 aliphatic carbocycles. The second-order valence-corrected chi connectivity index (χ2v) is 7.55. The van der Waals surface area contributed by atoms with Crippen LogP contribution in [0.4, 0.5) is 4.79 Å². The maximum atomic E-state index is 12.5. The number of amides is 2. The fourth-order valence-electron chi connectivity index (χ4n) is 2.42. The molecule has 1 fully saturated rings. The van der Waals surface area contributed by atoms with Gasteiger partial charge in [-0.25, -0.2) is 4.79 Å². The van der Waals surface area contributed by atoms with E-state index < -0.39 is 29.6 Å². The topological polar surface area (TPSA) is 108 Å². The number of carbonyl (C=O) groups excluding carboxylic acids is 4. The molecule has 2 rings (SSSR count). The number of imide groups is 1. The third-order valence-electron chi connectivity index (χ3n) is 3.66. The minimum atomic E-state index is -0.659. The van der Waals surface area contributed by atoms with Crippen molar-refractivity contribution in [2.45, 2.75) is 13.8 Å². The maximum Gasteiger partial charge on any atom is 0.344 e. The van der Waals surface area contributed by atoms with E-state index in [1.54, 1.807) is 26.0 Å². The van der Waals surface area contributed by atoms with Crippen molar-refractivity contribution in [1.29, 1.82) is 0 Å². The summed E-state index contributed by atoms with van der Waals surface area (Å²) >= 11 is 4.07. The second-order valence-electron chi connectivity index (χ2n) is 5.70. The van der Waals surface area contributed by atoms with Gasteiger partial charge in [0.2, 0.25) is 0 Å². The Hall–Kier alpha value is -2.53. The molecular weight excluding hydrogens is 482 g/mol. The third kappa shape index (κ3) is 5.99. The Morgan fingerprint density at radius 2 is 1.80 bits per heavy atom. The highest BCUT2D eigenvalue weighted by molar-refractivity contribution is 9.10. The van der Waals surface area contributed by atoms with Gasteiger partial charge in [-0.15, -0.1) is 0 Å². The van der Waals surface area contributed by atoms with Gasteiger partial charge in [-0.2, -0.15) is 0 Å². The van der Waals surface area contributed by atoms with Gasteiger partial charge in [0.05, 0.1) is 29.7 Å². The van der Waals surface area contributed by atoms with Crippen LogP contribution >= 0.6 is 27.7 Å². The van der Waals surface area contributed by atoms with Gasteiger partial charge >= 0.3 is 11.9 Å². The monoisotopic (exact) mass is 501 g/mol. The summed E-state index contributed by atoms with van der Waals surface area (Å²) in [6, 6.07) is 3.23. The molecule has 0 N–H and O–H groups in total. The van der Waals surface area contributed by atoms with E-state index in [1.807, 2.05) is 0 Å². The molecule has 1 aromatic carbocycles. The molecule has 0 saturated carbocycles. The van der Waals surface area contributed by atoms with Gasteiger partial charge in [0.1, 0.15) is 6.54 Å². The molecule has 162 valence electrons. The fraction of sp³-hybridized carbons (Fsp3) is 0.368. The highest BCUT2D eigenvalue weighted by atomic mass is 79.9. The van der Waals surface area contributed by atoms with Crippen LogP contribution in [0.25, 0.3) is 6.08 Å². The van der Waals surface area contributed by atoms with Gasteiger partial charge in [-0.3, -0.25) is 19.3 Å². The normalized spacial score (nSPS) is 14.8. The molecule has 0 unspecified atom stereocenters. The molecule has 1 aliphatic heterocycles. The molecule has 1 aromatic rings. The van der Waals surface area contributed by atoms with E-state index in [9.17, 15) is 19.2 Å². The van der Waals surface area contributed by atoms with Crippen LogP contribution in [0.5, 0.6) is 11.5 Å². The van der Waals surface area contributed by atoms with Crippen LogP contribution in [0, 0.1) is 0 Å². The number of carbonyl (C=O) groups is 4. The summed E-state index contributed by atoms with van der Waals surface area (Å²) in [5.74, 6) is -1.17. The molecule has 30 heavy (non-hydrogen) atoms. The summed E-state index contributed by atoms with van der Waals surface area (Å²) in [5, 5.41) is -0.556. The minimum absolute atomic E-state index is 0.151. The van der Waals surface area contributed by atoms with Gasteiger partial charge in [0.25, 0.3) is 11.1 Å². The molecule has 0 radical (unpaired) electrons. The second kappa shape index (κ2) is 11.0. The summed E-state index contributed by atoms with van der Waals surface area (Å²) in [6.45, 7) is 2.99. The van der Waals surface area contributed by atoms with Gasteiger partial charge < -0.3 is 18.9 Å². The third-order valence-corrected chi connectivity index (χ3v) is 5.15. The predicted molar refractivity (Wildman–Crippen MR) is 112 cm³/mol. The number of ether oxygens (including phenoxy) is 4. The highest BCUT2D eigenvalue weighted by Crippen LogP contribution is 2.39. The van der Waals surface area contributed by atoms with Crippen molar-refractivity contribution in [2.24, 2.45) is 0 Å². The van der Waals surface area contributed by atoms with E-state index in [1.165, 1.54) is 13.2 Å². The molecule has 0 aromatic heterocycles. The molecule has 1 saturated heterocycles. The Morgan fingerprint density at radius 3 is 2.43 bits per heavy atom. The predicted octanol–water partition coefficient (Wildman–Crippen LogP) is 3.00. The lowest BCUT2D eigenvalue weighted by Crippen LogP contribution is -2.34. The smallest absolute Gasteiger partial charge is 0.344 e. The molecule has 0 atom stereocenters. The standard InChI is InChI=1S/C19H20BrNO8S/c1-4-27-15(22)9-21-18(24)14(30-19(21)25)8-11-6-12(20)17(13(7-11)26-3)29-10-16(23)28-5-2/h6-8H,4-5,9-10H2,1-3H3/b14-8-. The first-order valence-corrected chi connectivity index (χ1v) is 10.5. The van der Waals surface area contributed by atoms with Crippen LogP contribution in [-0.2, 0) is 23.9 Å². The first kappa shape index (κ1) is 23.7. The number of hydrogen-bond donors (Lipinski definition) is 0. The van der Waals surface area contributed by atoms with Gasteiger partial charge in [-0.05, 0) is 65.3 Å². The Kier molecular flexibility index (Phi) is 8.72. The number of halogens is 1. The summed E-state index contributed by atoms with van der Waals surface area (Å²) in [7, 11) is 1.43. The van der Waals surface area contributed by atoms with E-state index in [2.05, 4.69) is 15.9 Å². The van der Waals surface area contributed by atoms with E-state index in [4.69, 9.17) is 18.9 Å². The van der Waals surface area contributed by atoms with E-state index in [0.717, 1.165) is 16.7 Å². The zero-order chi connectivity index (χ0) is 22.3. The minimum Gasteiger partial charge on any atom is -0.493 e. The van der Waals surface area contributed by atoms with Crippen molar-refractivity contribution in [2.75, 3.05) is 33.5 Å². The van der Waals surface area contributed by atoms with Crippen molar-refractivity contribution < 1.29 is 38.1 Å². The lowest BCUT2D eigenvalue weighted by Gasteiger charge is -2.13. The van der Waals surface area contributed by atoms with Crippen molar-refractivity contribution in [1.82, 2.24) is 4.90 Å². The van der Waals surface area contributed by atoms with Crippen LogP contribution in [-0.4, -0.2) is 61.5 Å². The molecule has 11 heteroatoms. The Balaban J connectivity index is 2.21. The van der Waals surface area contributed by atoms with Gasteiger partial charge in [0, 0.05) is 0 Å². The SMILES string of the molecule is CCOC(=O)COc1c(Br)cc(/C=C2\SC(=O)N(CC(=O)OCC)C2=O)cc1OC. The fourth-order valence-corrected chi connectivity index (χ4v) is 3.83. The zero-order valence-electron chi connectivity index (χ0n) is 16.6. The number of methoxy groups -OCH3 is 1. The summed E-state index contributed by atoms with van der Waals surface area (Å²) in [4.78, 5) is 48.7. The maximum absolute atomic E-state index is 12.5. The molecule has 1 aliphatic rings. The van der Waals surface area contributed by atoms with Crippen LogP contribution in [0.3, 0.4) is 0 Å². The number of esters is 2. The van der Waals surface area contributed by atoms with Crippen LogP contribution in [0.2, 0.25) is 0 Å². The molecule has 0 bridgehead atoms. The van der Waals surface area contributed by atoms with Crippen molar-refractivity contribution >= 4 is 56.9 Å². The molecule has 2 amide bonds. The Bertz CT molecular complexity index is 886. The number of hydrogen-bond acceptors (Lipinski definition) is 9. The molecule has 9 nitrogen and oxygen atoms in total. The highest BCUT2D eigenvalue weighted by Gasteiger charge is 2.36. The van der Waals surface area contributed by atoms with Crippen molar-refractivity contribution in [3.8, 4) is 11.5 Å². The molecule has 0 spiro atoms. The average Bonchev–Trinajstić information content (AvgIpc) is 2.94. The largest absolute Gasteiger partial charge is 0.493 e. The number of thioether (sulfide) groups is 1. The summed E-state index contributed by atoms with van der Waals surface area (Å²) in [6.07, 6.45) is 1.50. The molecule has 1 heterocycles. The number of rotatable bonds is 9. The van der Waals surface area contributed by atoms with E-state index >= 15 is 0 Å². The van der Waals surface area contributed by atoms with E-state index in [-0.39, 0.29) is 30.5 Å². The Labute approximate surface area is 185 Å². The van der Waals surface area contributed by atoms with Crippen LogP contribution < -0.4 is 9.47 Å². The van der Waals surface area contributed by atoms with Gasteiger partial charge in [0.15, 0.2) is 18.1 Å². The van der Waals surface area contributed by atoms with E-state index in [0.29, 0.717) is 15.8 Å². The summed E-state index contributed by atoms with van der Waals surface area (Å²) in [5.41, 5.74) is 0.545. The summed E-state index contributed by atoms with van der Waals surface area (Å²) < 4.78 is 20.9. The van der Waals surface area contributed by atoms with Crippen LogP contribution in [0.1, 0.15) is 19.4 Å². The number of benzene rings is 1. The van der Waals surface area contributed by atoms with Gasteiger partial charge in [-0.1, -0.05) is 0 Å². The lowest BCUT2D eigenvalue weighted by molar-refractivity contribution is -0.146. The van der Waals surface area contributed by atoms with Crippen LogP contribution in [0.15, 0.2) is 21.5 Å². The average molecular weight is 502 g/mol. The first-order valence-electron chi connectivity index (χ1n) is 8.87. The quantitative estimate of drug-likeness (QED) is 0.372. The lowest BCUT2D eigenvalue weighted by atomic mass is 10.2. The number of nitrogens with zero attached hydrogens (tertiary/aromatic N) is 1. The molecular formula is C19H20BrNO8S. The first-order chi connectivity index (χ1) is 14.3. The zero-order valence-corrected chi connectivity index (χ0v) is 19.0. The van der Waals surface area contributed by atoms with Crippen molar-refractivity contribution in [3.05, 3.63) is 27.1 Å². The van der Waals surface area contributed by atoms with Crippen molar-refractivity contribution in [3.63, 3.8) is 0 Å². The Morgan fingerprint density at radius 1 is 1.13 bits per heavy atom.